The zero-order chi connectivity index (χ0) is 18.7. The lowest BCUT2D eigenvalue weighted by molar-refractivity contribution is 0.402. The van der Waals surface area contributed by atoms with Crippen LogP contribution in [-0.2, 0) is 8.23 Å². The Labute approximate surface area is 150 Å². The van der Waals surface area contributed by atoms with Gasteiger partial charge in [0.15, 0.2) is 0 Å². The first-order valence-corrected chi connectivity index (χ1v) is 23.9. The average Bonchev–Trinajstić information content (AvgIpc) is 2.19. The lowest BCUT2D eigenvalue weighted by atomic mass is 11.4. The van der Waals surface area contributed by atoms with Gasteiger partial charge in [-0.05, 0) is 39.3 Å². The third kappa shape index (κ3) is 13.1. The van der Waals surface area contributed by atoms with Crippen molar-refractivity contribution in [2.45, 2.75) is 78.6 Å². The summed E-state index contributed by atoms with van der Waals surface area (Å²) in [7, 11) is -8.97. The molecule has 0 N–H and O–H groups in total. The standard InChI is InChI=1S/C16H36O2Si5/c1-19(2,3)13-15-21(7,8)17-23(11,12)18-22(9,10)16-14-20(4,5)6/h1-12H3. The van der Waals surface area contributed by atoms with Gasteiger partial charge in [0, 0.05) is 0 Å². The second kappa shape index (κ2) is 7.57. The molecule has 0 fully saturated rings. The topological polar surface area (TPSA) is 18.5 Å². The van der Waals surface area contributed by atoms with Crippen LogP contribution in [0.2, 0.25) is 78.6 Å². The predicted octanol–water partition coefficient (Wildman–Crippen LogP) is 4.97. The second-order valence-corrected chi connectivity index (χ2v) is 30.1. The van der Waals surface area contributed by atoms with Gasteiger partial charge < -0.3 is 8.23 Å². The molecule has 0 heterocycles. The summed E-state index contributed by atoms with van der Waals surface area (Å²) in [6.45, 7) is 26.6. The van der Waals surface area contributed by atoms with Gasteiger partial charge in [-0.1, -0.05) is 39.3 Å². The Hall–Kier alpha value is 0.124. The fourth-order valence-corrected chi connectivity index (χ4v) is 18.2. The summed E-state index contributed by atoms with van der Waals surface area (Å²) in [5.74, 6) is 0. The van der Waals surface area contributed by atoms with Crippen molar-refractivity contribution in [1.82, 2.24) is 0 Å². The van der Waals surface area contributed by atoms with Gasteiger partial charge in [0.05, 0.1) is 0 Å². The summed E-state index contributed by atoms with van der Waals surface area (Å²) in [5, 5.41) is 0. The van der Waals surface area contributed by atoms with Crippen molar-refractivity contribution < 1.29 is 8.23 Å². The van der Waals surface area contributed by atoms with Crippen molar-refractivity contribution >= 4 is 41.3 Å². The Bertz CT molecular complexity index is 483. The van der Waals surface area contributed by atoms with Crippen LogP contribution >= 0.6 is 0 Å². The quantitative estimate of drug-likeness (QED) is 0.490. The van der Waals surface area contributed by atoms with Crippen LogP contribution in [0.3, 0.4) is 0 Å². The molecular weight excluding hydrogens is 365 g/mol. The van der Waals surface area contributed by atoms with E-state index in [1.807, 2.05) is 0 Å². The smallest absolute Gasteiger partial charge is 0.312 e. The third-order valence-corrected chi connectivity index (χ3v) is 14.2. The van der Waals surface area contributed by atoms with E-state index in [0.29, 0.717) is 0 Å². The Morgan fingerprint density at radius 2 is 0.696 bits per heavy atom. The zero-order valence-corrected chi connectivity index (χ0v) is 22.3. The van der Waals surface area contributed by atoms with Crippen molar-refractivity contribution in [2.24, 2.45) is 0 Å². The first-order chi connectivity index (χ1) is 9.83. The van der Waals surface area contributed by atoms with E-state index in [9.17, 15) is 0 Å². The van der Waals surface area contributed by atoms with Crippen LogP contribution in [0.25, 0.3) is 0 Å². The van der Waals surface area contributed by atoms with Crippen molar-refractivity contribution in [3.05, 3.63) is 0 Å². The largest absolute Gasteiger partial charge is 0.427 e. The van der Waals surface area contributed by atoms with Crippen LogP contribution in [0.15, 0.2) is 0 Å². The van der Waals surface area contributed by atoms with Gasteiger partial charge in [-0.2, -0.15) is 0 Å². The predicted molar refractivity (Wildman–Crippen MR) is 117 cm³/mol. The van der Waals surface area contributed by atoms with Gasteiger partial charge >= 0.3 is 8.56 Å². The normalized spacial score (nSPS) is 13.7. The van der Waals surface area contributed by atoms with E-state index in [4.69, 9.17) is 8.23 Å². The molecule has 132 valence electrons. The highest BCUT2D eigenvalue weighted by atomic mass is 28.5. The number of hydrogen-bond acceptors (Lipinski definition) is 2. The summed E-state index contributed by atoms with van der Waals surface area (Å²) in [5.41, 5.74) is 13.9. The van der Waals surface area contributed by atoms with Gasteiger partial charge in [0.25, 0.3) is 16.6 Å². The number of rotatable bonds is 4. The van der Waals surface area contributed by atoms with E-state index in [-0.39, 0.29) is 0 Å². The highest BCUT2D eigenvalue weighted by Gasteiger charge is 2.39. The van der Waals surface area contributed by atoms with Gasteiger partial charge in [0.2, 0.25) is 0 Å². The molecule has 0 aliphatic carbocycles. The molecule has 0 spiro atoms. The van der Waals surface area contributed by atoms with E-state index in [2.05, 4.69) is 101 Å². The Kier molecular flexibility index (Phi) is 7.61. The van der Waals surface area contributed by atoms with Crippen LogP contribution < -0.4 is 0 Å². The van der Waals surface area contributed by atoms with E-state index < -0.39 is 41.3 Å². The van der Waals surface area contributed by atoms with E-state index in [0.717, 1.165) is 0 Å². The molecule has 0 radical (unpaired) electrons. The zero-order valence-electron chi connectivity index (χ0n) is 17.3. The van der Waals surface area contributed by atoms with Crippen molar-refractivity contribution in [3.8, 4) is 22.2 Å². The molecule has 0 atom stereocenters. The van der Waals surface area contributed by atoms with E-state index >= 15 is 0 Å². The highest BCUT2D eigenvalue weighted by molar-refractivity contribution is 6.94. The Morgan fingerprint density at radius 3 is 0.913 bits per heavy atom. The molecule has 0 saturated carbocycles. The first-order valence-electron chi connectivity index (χ1n) is 8.32. The summed E-state index contributed by atoms with van der Waals surface area (Å²) < 4.78 is 12.9. The Morgan fingerprint density at radius 1 is 0.435 bits per heavy atom. The molecule has 0 aliphatic heterocycles. The molecular formula is C16H36O2Si5. The maximum atomic E-state index is 6.47. The minimum atomic E-state index is -2.22. The second-order valence-electron chi connectivity index (χ2n) is 9.62. The molecule has 0 aromatic heterocycles. The molecule has 0 aliphatic rings. The first kappa shape index (κ1) is 23.1. The lowest BCUT2D eigenvalue weighted by Gasteiger charge is -2.35. The fourth-order valence-electron chi connectivity index (χ4n) is 1.98. The molecule has 23 heavy (non-hydrogen) atoms. The van der Waals surface area contributed by atoms with Crippen LogP contribution in [0.1, 0.15) is 0 Å². The molecule has 2 nitrogen and oxygen atoms in total. The summed E-state index contributed by atoms with van der Waals surface area (Å²) in [6, 6.07) is 0. The monoisotopic (exact) mass is 400 g/mol. The lowest BCUT2D eigenvalue weighted by Crippen LogP contribution is -2.52. The average molecular weight is 401 g/mol. The van der Waals surface area contributed by atoms with E-state index in [1.54, 1.807) is 0 Å². The SMILES string of the molecule is C[Si](C)(C)C#C[Si](C)(C)O[Si](C)(C)O[Si](C)(C)C#C[Si](C)(C)C. The molecule has 0 saturated heterocycles. The molecule has 0 unspecified atom stereocenters. The maximum Gasteiger partial charge on any atom is 0.312 e. The van der Waals surface area contributed by atoms with Crippen molar-refractivity contribution in [2.75, 3.05) is 0 Å². The van der Waals surface area contributed by atoms with Gasteiger partial charge in [-0.25, -0.2) is 0 Å². The molecule has 0 bridgehead atoms. The van der Waals surface area contributed by atoms with Gasteiger partial charge in [-0.15, -0.1) is 22.2 Å². The van der Waals surface area contributed by atoms with Gasteiger partial charge in [-0.3, -0.25) is 0 Å². The Balaban J connectivity index is 5.12. The molecule has 0 amide bonds. The summed E-state index contributed by atoms with van der Waals surface area (Å²) >= 11 is 0. The molecule has 0 aromatic rings. The third-order valence-electron chi connectivity index (χ3n) is 2.48. The summed E-state index contributed by atoms with van der Waals surface area (Å²) in [4.78, 5) is 0. The molecule has 0 rings (SSSR count). The maximum absolute atomic E-state index is 6.47. The van der Waals surface area contributed by atoms with Crippen LogP contribution in [0.4, 0.5) is 0 Å². The fraction of sp³-hybridized carbons (Fsp3) is 0.750. The number of hydrogen-bond donors (Lipinski definition) is 0. The summed E-state index contributed by atoms with van der Waals surface area (Å²) in [6.07, 6.45) is 0. The minimum absolute atomic E-state index is 1.36. The van der Waals surface area contributed by atoms with E-state index in [1.165, 1.54) is 0 Å². The van der Waals surface area contributed by atoms with Crippen molar-refractivity contribution in [3.63, 3.8) is 0 Å². The van der Waals surface area contributed by atoms with Crippen LogP contribution in [-0.4, -0.2) is 41.3 Å². The highest BCUT2D eigenvalue weighted by Crippen LogP contribution is 2.20. The van der Waals surface area contributed by atoms with Crippen LogP contribution in [0.5, 0.6) is 0 Å². The molecule has 0 aromatic carbocycles. The minimum Gasteiger partial charge on any atom is -0.427 e. The van der Waals surface area contributed by atoms with Gasteiger partial charge in [0.1, 0.15) is 16.1 Å². The van der Waals surface area contributed by atoms with Crippen molar-refractivity contribution in [1.29, 1.82) is 0 Å². The molecule has 7 heteroatoms. The van der Waals surface area contributed by atoms with Crippen LogP contribution in [0, 0.1) is 22.2 Å².